The smallest absolute Gasteiger partial charge is 0.310 e. The topological polar surface area (TPSA) is 99.0 Å². The molecule has 0 radical (unpaired) electrons. The second-order valence-electron chi connectivity index (χ2n) is 10.7. The number of aromatic nitrogens is 1. The van der Waals surface area contributed by atoms with Crippen LogP contribution < -0.4 is 4.90 Å². The van der Waals surface area contributed by atoms with E-state index in [1.165, 1.54) is 24.4 Å². The van der Waals surface area contributed by atoms with Gasteiger partial charge >= 0.3 is 10.2 Å². The molecule has 2 amide bonds. The van der Waals surface area contributed by atoms with Crippen LogP contribution in [0, 0.1) is 16.9 Å². The highest BCUT2D eigenvalue weighted by Crippen LogP contribution is 3.02. The number of hydrogen-bond acceptors (Lipinski definition) is 7. The summed E-state index contributed by atoms with van der Waals surface area (Å²) in [5.41, 5.74) is -0.164. The highest BCUT2D eigenvalue weighted by molar-refractivity contribution is 8.45. The molecule has 3 saturated heterocycles. The summed E-state index contributed by atoms with van der Waals surface area (Å²) in [6.07, 6.45) is 5.00. The van der Waals surface area contributed by atoms with Crippen molar-refractivity contribution in [2.75, 3.05) is 44.9 Å². The second kappa shape index (κ2) is 9.53. The van der Waals surface area contributed by atoms with Crippen LogP contribution in [0.5, 0.6) is 0 Å². The van der Waals surface area contributed by atoms with E-state index in [0.29, 0.717) is 32.7 Å². The third kappa shape index (κ3) is 5.68. The maximum absolute atomic E-state index is 14.2. The van der Waals surface area contributed by atoms with Gasteiger partial charge in [-0.25, -0.2) is 0 Å². The van der Waals surface area contributed by atoms with Gasteiger partial charge in [-0.2, -0.15) is 5.26 Å². The summed E-state index contributed by atoms with van der Waals surface area (Å²) in [7, 11) is -8.60. The Morgan fingerprint density at radius 1 is 1.20 bits per heavy atom. The molecule has 41 heavy (non-hydrogen) atoms. The average molecular weight is 602 g/mol. The average Bonchev–Trinajstić information content (AvgIpc) is 3.56. The van der Waals surface area contributed by atoms with E-state index >= 15 is 0 Å². The lowest BCUT2D eigenvalue weighted by Crippen LogP contribution is -2.52. The van der Waals surface area contributed by atoms with Crippen LogP contribution in [0.4, 0.5) is 25.1 Å². The third-order valence-electron chi connectivity index (χ3n) is 7.87. The first-order valence-corrected chi connectivity index (χ1v) is 14.7. The van der Waals surface area contributed by atoms with Gasteiger partial charge in [-0.05, 0) is 36.8 Å². The number of nitriles is 1. The van der Waals surface area contributed by atoms with Crippen LogP contribution in [0.15, 0.2) is 53.7 Å². The van der Waals surface area contributed by atoms with E-state index in [1.807, 2.05) is 6.19 Å². The van der Waals surface area contributed by atoms with Crippen molar-refractivity contribution in [2.45, 2.75) is 35.9 Å². The molecule has 0 aliphatic carbocycles. The Bertz CT molecular complexity index is 1370. The van der Waals surface area contributed by atoms with Crippen molar-refractivity contribution in [1.82, 2.24) is 14.8 Å². The predicted molar refractivity (Wildman–Crippen MR) is 138 cm³/mol. The minimum atomic E-state index is -10.0. The first-order chi connectivity index (χ1) is 19.1. The van der Waals surface area contributed by atoms with Gasteiger partial charge < -0.3 is 14.4 Å². The molecule has 1 spiro atoms. The first kappa shape index (κ1) is 29.0. The number of methoxy groups -OCH3 is 1. The first-order valence-electron chi connectivity index (χ1n) is 12.8. The number of halogens is 5. The van der Waals surface area contributed by atoms with Gasteiger partial charge in [0.05, 0.1) is 25.9 Å². The molecular formula is C26H28F5N5O4S. The van der Waals surface area contributed by atoms with E-state index in [-0.39, 0.29) is 41.8 Å². The number of carbonyl (C=O) groups excluding carboxylic acids is 2. The Morgan fingerprint density at radius 3 is 2.41 bits per heavy atom. The molecule has 3 fully saturated rings. The monoisotopic (exact) mass is 601 g/mol. The number of amides is 2. The number of nitrogens with zero attached hydrogens (tertiary/aromatic N) is 5. The molecule has 222 valence electrons. The zero-order valence-corrected chi connectivity index (χ0v) is 22.8. The normalized spacial score (nSPS) is 24.2. The fourth-order valence-corrected chi connectivity index (χ4v) is 6.25. The minimum Gasteiger partial charge on any atom is -0.380 e. The highest BCUT2D eigenvalue weighted by atomic mass is 32.5. The fraction of sp³-hybridized carbons (Fsp3) is 0.462. The molecule has 15 heteroatoms. The summed E-state index contributed by atoms with van der Waals surface area (Å²) in [6.45, 7) is 1.76. The number of ether oxygens (including phenoxy) is 2. The van der Waals surface area contributed by atoms with Gasteiger partial charge in [0.25, 0.3) is 5.91 Å². The standard InChI is InChI=1S/C26H28F5N5O4S/c1-39-20-11-22(35(13-20)17-32)24(37)36(19-4-6-21(7-5-19)41(27,28,29,30)31)23(18-3-2-9-33-12-18)25(38)34-10-8-26(14-34)15-40-16-26/h2-7,9,12,20,22-23H,8,10-11,13-16H2,1H3/t20-,22-,23?/m1/s1. The molecule has 5 rings (SSSR count). The Morgan fingerprint density at radius 2 is 1.90 bits per heavy atom. The van der Waals surface area contributed by atoms with E-state index in [4.69, 9.17) is 9.47 Å². The Kier molecular flexibility index (Phi) is 6.75. The number of benzene rings is 1. The molecule has 3 aliphatic rings. The maximum Gasteiger partial charge on any atom is 0.310 e. The Labute approximate surface area is 233 Å². The van der Waals surface area contributed by atoms with Gasteiger partial charge in [0.1, 0.15) is 17.0 Å². The molecule has 0 N–H and O–H groups in total. The lowest BCUT2D eigenvalue weighted by atomic mass is 9.85. The molecule has 0 saturated carbocycles. The molecule has 3 atom stereocenters. The van der Waals surface area contributed by atoms with Crippen molar-refractivity contribution >= 4 is 27.7 Å². The predicted octanol–water partition coefficient (Wildman–Crippen LogP) is 4.63. The minimum absolute atomic E-state index is 0.0705. The summed E-state index contributed by atoms with van der Waals surface area (Å²) >= 11 is 0. The summed E-state index contributed by atoms with van der Waals surface area (Å²) in [6, 6.07) is 2.46. The van der Waals surface area contributed by atoms with Gasteiger partial charge in [-0.15, -0.1) is 0 Å². The summed E-state index contributed by atoms with van der Waals surface area (Å²) in [5, 5.41) is 9.71. The maximum atomic E-state index is 14.2. The second-order valence-corrected chi connectivity index (χ2v) is 13.1. The summed E-state index contributed by atoms with van der Waals surface area (Å²) < 4.78 is 78.3. The van der Waals surface area contributed by atoms with Gasteiger partial charge in [0, 0.05) is 55.7 Å². The zero-order chi connectivity index (χ0) is 29.7. The van der Waals surface area contributed by atoms with E-state index < -0.39 is 45.1 Å². The number of likely N-dealkylation sites (tertiary alicyclic amines) is 2. The number of anilines is 1. The van der Waals surface area contributed by atoms with Crippen molar-refractivity contribution in [3.63, 3.8) is 0 Å². The van der Waals surface area contributed by atoms with Gasteiger partial charge in [-0.3, -0.25) is 24.4 Å². The van der Waals surface area contributed by atoms with E-state index in [1.54, 1.807) is 17.0 Å². The highest BCUT2D eigenvalue weighted by Gasteiger charge is 2.65. The van der Waals surface area contributed by atoms with Crippen LogP contribution >= 0.6 is 10.2 Å². The molecule has 1 aromatic carbocycles. The SMILES string of the molecule is CO[C@@H]1C[C@H](C(=O)N(c2ccc(S(F)(F)(F)(F)F)cc2)C(C(=O)N2CCC3(COC3)C2)c2cccnc2)N(C#N)C1. The van der Waals surface area contributed by atoms with Crippen molar-refractivity contribution in [1.29, 1.82) is 5.26 Å². The van der Waals surface area contributed by atoms with Gasteiger partial charge in [0.2, 0.25) is 5.91 Å². The molecular weight excluding hydrogens is 573 g/mol. The summed E-state index contributed by atoms with van der Waals surface area (Å²) in [5.74, 6) is -1.29. The van der Waals surface area contributed by atoms with Crippen molar-refractivity contribution in [2.24, 2.45) is 5.41 Å². The number of rotatable bonds is 7. The Hall–Kier alpha value is -3.48. The van der Waals surface area contributed by atoms with Crippen LogP contribution in [0.2, 0.25) is 0 Å². The van der Waals surface area contributed by atoms with Crippen LogP contribution in [0.25, 0.3) is 0 Å². The quantitative estimate of drug-likeness (QED) is 0.337. The van der Waals surface area contributed by atoms with Crippen molar-refractivity contribution < 1.29 is 38.5 Å². The van der Waals surface area contributed by atoms with Crippen LogP contribution in [0.3, 0.4) is 0 Å². The van der Waals surface area contributed by atoms with Crippen molar-refractivity contribution in [3.8, 4) is 6.19 Å². The number of pyridine rings is 1. The third-order valence-corrected chi connectivity index (χ3v) is 9.03. The largest absolute Gasteiger partial charge is 0.380 e. The van der Waals surface area contributed by atoms with Crippen molar-refractivity contribution in [3.05, 3.63) is 54.4 Å². The molecule has 9 nitrogen and oxygen atoms in total. The van der Waals surface area contributed by atoms with Crippen LogP contribution in [0.1, 0.15) is 24.4 Å². The molecule has 3 aliphatic heterocycles. The van der Waals surface area contributed by atoms with Crippen LogP contribution in [-0.2, 0) is 19.1 Å². The van der Waals surface area contributed by atoms with E-state index in [2.05, 4.69) is 4.98 Å². The van der Waals surface area contributed by atoms with Crippen LogP contribution in [-0.4, -0.2) is 78.7 Å². The number of carbonyl (C=O) groups is 2. The zero-order valence-electron chi connectivity index (χ0n) is 22.0. The molecule has 1 unspecified atom stereocenters. The lowest BCUT2D eigenvalue weighted by molar-refractivity contribution is -0.138. The molecule has 0 bridgehead atoms. The number of hydrogen-bond donors (Lipinski definition) is 0. The van der Waals surface area contributed by atoms with E-state index in [0.717, 1.165) is 17.0 Å². The van der Waals surface area contributed by atoms with E-state index in [9.17, 15) is 34.3 Å². The molecule has 4 heterocycles. The Balaban J connectivity index is 1.61. The lowest BCUT2D eigenvalue weighted by Gasteiger charge is -2.41. The summed E-state index contributed by atoms with van der Waals surface area (Å²) in [4.78, 5) is 34.1. The fourth-order valence-electron chi connectivity index (χ4n) is 5.60. The molecule has 1 aromatic heterocycles. The van der Waals surface area contributed by atoms with Gasteiger partial charge in [-0.1, -0.05) is 25.5 Å². The molecule has 2 aromatic rings. The van der Waals surface area contributed by atoms with Gasteiger partial charge in [0.15, 0.2) is 6.19 Å².